The number of fused-ring (bicyclic) bond motifs is 2. The van der Waals surface area contributed by atoms with Crippen LogP contribution in [0.15, 0.2) is 47.6 Å². The molecule has 0 amide bonds. The van der Waals surface area contributed by atoms with Crippen molar-refractivity contribution in [3.63, 3.8) is 0 Å². The fourth-order valence-electron chi connectivity index (χ4n) is 3.33. The second kappa shape index (κ2) is 12.3. The third kappa shape index (κ3) is 6.16. The van der Waals surface area contributed by atoms with Gasteiger partial charge < -0.3 is 24.8 Å². The molecule has 22 heavy (non-hydrogen) atoms. The molecule has 120 valence electrons. The van der Waals surface area contributed by atoms with Gasteiger partial charge in [0.05, 0.1) is 0 Å². The first-order chi connectivity index (χ1) is 9.93. The van der Waals surface area contributed by atoms with Gasteiger partial charge in [0.15, 0.2) is 0 Å². The van der Waals surface area contributed by atoms with Gasteiger partial charge in [-0.15, -0.1) is 37.1 Å². The number of hydrogen-bond donors (Lipinski definition) is 0. The molecule has 0 aromatic rings. The predicted octanol–water partition coefficient (Wildman–Crippen LogP) is -1.05. The molecular weight excluding hydrogens is 347 g/mol. The van der Waals surface area contributed by atoms with Crippen molar-refractivity contribution in [1.82, 2.24) is 0 Å². The fourth-order valence-corrected chi connectivity index (χ4v) is 3.33. The van der Waals surface area contributed by atoms with Crippen LogP contribution in [0.1, 0.15) is 38.5 Å². The maximum Gasteiger partial charge on any atom is -1.00 e. The van der Waals surface area contributed by atoms with Gasteiger partial charge in [0.1, 0.15) is 0 Å². The van der Waals surface area contributed by atoms with E-state index in [-0.39, 0.29) is 24.8 Å². The predicted molar refractivity (Wildman–Crippen MR) is 84.8 cm³/mol. The smallest absolute Gasteiger partial charge is 1.00 e. The van der Waals surface area contributed by atoms with Gasteiger partial charge in [0.25, 0.3) is 0 Å². The van der Waals surface area contributed by atoms with E-state index in [0.717, 1.165) is 11.8 Å². The molecule has 0 spiro atoms. The zero-order valence-corrected chi connectivity index (χ0v) is 16.1. The molecule has 0 bridgehead atoms. The minimum Gasteiger partial charge on any atom is -1.00 e. The van der Waals surface area contributed by atoms with Gasteiger partial charge in [0.2, 0.25) is 0 Å². The van der Waals surface area contributed by atoms with E-state index in [1.54, 1.807) is 31.1 Å². The Balaban J connectivity index is 0.000000334. The molecular formula is C19H24Cl2Ti-2. The van der Waals surface area contributed by atoms with Crippen LogP contribution < -0.4 is 24.8 Å². The molecule has 0 aromatic heterocycles. The van der Waals surface area contributed by atoms with Gasteiger partial charge in [-0.05, 0) is 24.7 Å². The van der Waals surface area contributed by atoms with Gasteiger partial charge in [-0.1, -0.05) is 12.8 Å². The van der Waals surface area contributed by atoms with Crippen LogP contribution in [-0.2, 0) is 20.0 Å². The quantitative estimate of drug-likeness (QED) is 0.377. The summed E-state index contributed by atoms with van der Waals surface area (Å²) in [6.45, 7) is 0. The van der Waals surface area contributed by atoms with E-state index < -0.39 is 0 Å². The van der Waals surface area contributed by atoms with Crippen molar-refractivity contribution in [1.29, 1.82) is 0 Å². The monoisotopic (exact) mass is 370 g/mol. The molecule has 0 aliphatic heterocycles. The molecule has 0 N–H and O–H groups in total. The number of hydrogen-bond acceptors (Lipinski definition) is 0. The largest absolute Gasteiger partial charge is 1.00 e. The third-order valence-electron chi connectivity index (χ3n) is 4.42. The van der Waals surface area contributed by atoms with Gasteiger partial charge in [-0.25, -0.2) is 36.1 Å². The summed E-state index contributed by atoms with van der Waals surface area (Å²) in [5, 5.41) is 0. The molecule has 2 fully saturated rings. The summed E-state index contributed by atoms with van der Waals surface area (Å²) in [5.74, 6) is 1.77. The summed E-state index contributed by atoms with van der Waals surface area (Å²) in [7, 11) is 0. The maximum atomic E-state index is 3.25. The van der Waals surface area contributed by atoms with Crippen LogP contribution in [0.4, 0.5) is 0 Å². The van der Waals surface area contributed by atoms with Gasteiger partial charge >= 0.3 is 24.8 Å². The van der Waals surface area contributed by atoms with Gasteiger partial charge in [-0.2, -0.15) is 0 Å². The average Bonchev–Trinajstić information content (AvgIpc) is 3.18. The molecule has 0 heterocycles. The van der Waals surface area contributed by atoms with Crippen molar-refractivity contribution >= 4 is 4.82 Å². The van der Waals surface area contributed by atoms with Gasteiger partial charge in [-0.3, -0.25) is 0 Å². The summed E-state index contributed by atoms with van der Waals surface area (Å²) in [6.07, 6.45) is 26.1. The number of halogens is 2. The summed E-state index contributed by atoms with van der Waals surface area (Å²) >= 11 is 1.75. The Bertz CT molecular complexity index is 395. The van der Waals surface area contributed by atoms with E-state index >= 15 is 0 Å². The Morgan fingerprint density at radius 3 is 1.59 bits per heavy atom. The Labute approximate surface area is 159 Å². The van der Waals surface area contributed by atoms with Crippen molar-refractivity contribution in [2.45, 2.75) is 38.5 Å². The van der Waals surface area contributed by atoms with E-state index in [2.05, 4.69) is 54.1 Å². The maximum absolute atomic E-state index is 3.25. The van der Waals surface area contributed by atoms with Crippen molar-refractivity contribution in [2.75, 3.05) is 0 Å². The summed E-state index contributed by atoms with van der Waals surface area (Å²) in [6, 6.07) is 0. The standard InChI is InChI=1S/2C9H11.CH2.2ClH.Ti/c2*1-2-5-9-7-3-6-8(9)4-1;;;;/h2*1-2,4,6,9H,3,5,7H2;1H2;2*1H;/q2*-1;;;;+2/p-2. The number of allylic oxidation sites excluding steroid dienone is 8. The summed E-state index contributed by atoms with van der Waals surface area (Å²) in [5.41, 5.74) is 3.16. The molecule has 2 atom stereocenters. The Kier molecular flexibility index (Phi) is 12.2. The van der Waals surface area contributed by atoms with Crippen LogP contribution in [0.2, 0.25) is 0 Å². The second-order valence-electron chi connectivity index (χ2n) is 5.62. The van der Waals surface area contributed by atoms with E-state index in [1.165, 1.54) is 38.5 Å². The van der Waals surface area contributed by atoms with Crippen LogP contribution in [0.3, 0.4) is 0 Å². The Morgan fingerprint density at radius 1 is 0.818 bits per heavy atom. The normalized spacial score (nSPS) is 25.7. The number of rotatable bonds is 0. The van der Waals surface area contributed by atoms with Crippen molar-refractivity contribution in [3.05, 3.63) is 60.4 Å². The van der Waals surface area contributed by atoms with E-state index in [1.807, 2.05) is 0 Å². The third-order valence-corrected chi connectivity index (χ3v) is 4.42. The molecule has 0 radical (unpaired) electrons. The minimum absolute atomic E-state index is 0. The van der Waals surface area contributed by atoms with Crippen molar-refractivity contribution < 1.29 is 44.8 Å². The second-order valence-corrected chi connectivity index (χ2v) is 5.62. The van der Waals surface area contributed by atoms with Crippen LogP contribution in [0, 0.1) is 24.7 Å². The fraction of sp³-hybridized carbons (Fsp3) is 0.421. The zero-order chi connectivity index (χ0) is 14.2. The molecule has 3 heteroatoms. The molecule has 2 saturated carbocycles. The molecule has 4 aliphatic carbocycles. The molecule has 2 unspecified atom stereocenters. The van der Waals surface area contributed by atoms with E-state index in [0.29, 0.717) is 0 Å². The average molecular weight is 371 g/mol. The summed E-state index contributed by atoms with van der Waals surface area (Å²) in [4.78, 5) is 3.25. The molecule has 0 aromatic carbocycles. The van der Waals surface area contributed by atoms with Crippen molar-refractivity contribution in [2.24, 2.45) is 11.8 Å². The van der Waals surface area contributed by atoms with Crippen molar-refractivity contribution in [3.8, 4) is 0 Å². The Hall–Kier alpha value is -0.136. The van der Waals surface area contributed by atoms with E-state index in [9.17, 15) is 0 Å². The van der Waals surface area contributed by atoms with Crippen LogP contribution in [0.5, 0.6) is 0 Å². The first-order valence-electron chi connectivity index (χ1n) is 7.68. The summed E-state index contributed by atoms with van der Waals surface area (Å²) < 4.78 is 0. The first kappa shape index (κ1) is 21.9. The minimum atomic E-state index is 0. The van der Waals surface area contributed by atoms with Crippen LogP contribution >= 0.6 is 0 Å². The molecule has 4 rings (SSSR count). The molecule has 0 nitrogen and oxygen atoms in total. The Morgan fingerprint density at radius 2 is 1.23 bits per heavy atom. The van der Waals surface area contributed by atoms with Crippen LogP contribution in [0.25, 0.3) is 0 Å². The first-order valence-corrected chi connectivity index (χ1v) is 8.79. The molecule has 4 aliphatic rings. The molecule has 0 saturated heterocycles. The SMILES string of the molecule is C1=CCC2CC[CH-]C2=C1.C1=CCC2CC[CH-]C2=C1.[CH2]=[Ti+2].[Cl-].[Cl-]. The van der Waals surface area contributed by atoms with E-state index in [4.69, 9.17) is 0 Å². The van der Waals surface area contributed by atoms with Crippen LogP contribution in [-0.4, -0.2) is 4.82 Å². The van der Waals surface area contributed by atoms with Gasteiger partial charge in [0, 0.05) is 0 Å². The topological polar surface area (TPSA) is 0 Å². The zero-order valence-electron chi connectivity index (χ0n) is 13.0.